The molecule has 2 atom stereocenters. The number of benzene rings is 2. The van der Waals surface area contributed by atoms with Crippen LogP contribution in [0.5, 0.6) is 0 Å². The van der Waals surface area contributed by atoms with Crippen molar-refractivity contribution < 1.29 is 14.3 Å². The maximum absolute atomic E-state index is 12.6. The third-order valence-electron chi connectivity index (χ3n) is 6.82. The second kappa shape index (κ2) is 12.2. The number of H-pyrrole nitrogens is 1. The zero-order chi connectivity index (χ0) is 28.1. The van der Waals surface area contributed by atoms with Crippen molar-refractivity contribution in [3.8, 4) is 0 Å². The van der Waals surface area contributed by atoms with Crippen LogP contribution in [-0.2, 0) is 20.9 Å². The molecule has 2 unspecified atom stereocenters. The zero-order valence-electron chi connectivity index (χ0n) is 22.7. The molecule has 0 saturated carbocycles. The van der Waals surface area contributed by atoms with Crippen molar-refractivity contribution in [3.63, 3.8) is 0 Å². The van der Waals surface area contributed by atoms with Crippen molar-refractivity contribution in [2.24, 2.45) is 5.73 Å². The average Bonchev–Trinajstić information content (AvgIpc) is 3.39. The predicted molar refractivity (Wildman–Crippen MR) is 159 cm³/mol. The Hall–Kier alpha value is -4.41. The Labute approximate surface area is 233 Å². The fourth-order valence-electron chi connectivity index (χ4n) is 4.89. The minimum atomic E-state index is -1.10. The van der Waals surface area contributed by atoms with E-state index in [9.17, 15) is 9.59 Å². The maximum atomic E-state index is 12.6. The average molecular weight is 542 g/mol. The highest BCUT2D eigenvalue weighted by atomic mass is 16.5. The Bertz CT molecular complexity index is 1460. The van der Waals surface area contributed by atoms with Gasteiger partial charge in [0.25, 0.3) is 5.91 Å². The topological polar surface area (TPSA) is 129 Å². The molecule has 0 spiro atoms. The zero-order valence-corrected chi connectivity index (χ0v) is 22.7. The highest BCUT2D eigenvalue weighted by Crippen LogP contribution is 2.30. The number of nitrogens with one attached hydrogen (secondary N) is 3. The van der Waals surface area contributed by atoms with Crippen LogP contribution in [0.1, 0.15) is 19.4 Å². The second-order valence-corrected chi connectivity index (χ2v) is 10.2. The summed E-state index contributed by atoms with van der Waals surface area (Å²) in [6.45, 7) is 6.30. The first-order valence-corrected chi connectivity index (χ1v) is 13.4. The number of rotatable bonds is 10. The quantitative estimate of drug-likeness (QED) is 0.177. The summed E-state index contributed by atoms with van der Waals surface area (Å²) in [5.74, 6) is 1.27. The Balaban J connectivity index is 1.25. The number of carbonyl (C=O) groups excluding carboxylic acids is 2. The van der Waals surface area contributed by atoms with Gasteiger partial charge in [-0.3, -0.25) is 10.5 Å². The summed E-state index contributed by atoms with van der Waals surface area (Å²) in [4.78, 5) is 37.0. The number of aromatic nitrogens is 2. The number of nitrogens with two attached hydrogens (primary N) is 1. The molecular weight excluding hydrogens is 506 g/mol. The molecule has 5 N–H and O–H groups in total. The standard InChI is InChI=1S/C30H35N7O3/c1-20(2)33-26-9-6-12-32-29(26)36-13-14-37(24(17-36)18-38)27-16-22-15-23(10-11-25(22)35-27)34-30(39)28(31)40-19-21-7-4-3-5-8-21/h3-12,15-16,18,20,24,28,33,35H,13-14,17,19,31H2,1-2H3,(H,34,39). The lowest BCUT2D eigenvalue weighted by Crippen LogP contribution is -2.54. The van der Waals surface area contributed by atoms with Crippen LogP contribution in [0.2, 0.25) is 0 Å². The molecule has 0 radical (unpaired) electrons. The van der Waals surface area contributed by atoms with Gasteiger partial charge in [-0.15, -0.1) is 0 Å². The van der Waals surface area contributed by atoms with Crippen LogP contribution in [0.4, 0.5) is 23.0 Å². The molecule has 3 heterocycles. The number of piperazine rings is 1. The van der Waals surface area contributed by atoms with Crippen LogP contribution in [0.3, 0.4) is 0 Å². The molecule has 1 aliphatic heterocycles. The molecule has 40 heavy (non-hydrogen) atoms. The Morgan fingerprint density at radius 1 is 1.15 bits per heavy atom. The fraction of sp³-hybridized carbons (Fsp3) is 0.300. The third kappa shape index (κ3) is 6.24. The van der Waals surface area contributed by atoms with Crippen LogP contribution in [0, 0.1) is 0 Å². The minimum absolute atomic E-state index is 0.247. The van der Waals surface area contributed by atoms with Crippen LogP contribution >= 0.6 is 0 Å². The van der Waals surface area contributed by atoms with Gasteiger partial charge in [-0.25, -0.2) is 4.98 Å². The van der Waals surface area contributed by atoms with E-state index >= 15 is 0 Å². The van der Waals surface area contributed by atoms with Gasteiger partial charge in [0.2, 0.25) is 0 Å². The molecule has 10 nitrogen and oxygen atoms in total. The largest absolute Gasteiger partial charge is 0.380 e. The summed E-state index contributed by atoms with van der Waals surface area (Å²) in [6, 6.07) is 21.0. The van der Waals surface area contributed by atoms with Crippen molar-refractivity contribution in [2.45, 2.75) is 38.8 Å². The first-order valence-electron chi connectivity index (χ1n) is 13.4. The number of fused-ring (bicyclic) bond motifs is 1. The molecule has 208 valence electrons. The number of hydrogen-bond acceptors (Lipinski definition) is 8. The molecule has 1 fully saturated rings. The normalized spacial score (nSPS) is 16.2. The van der Waals surface area contributed by atoms with Gasteiger partial charge in [0.15, 0.2) is 12.0 Å². The van der Waals surface area contributed by atoms with Gasteiger partial charge >= 0.3 is 0 Å². The number of aldehydes is 1. The molecule has 1 amide bonds. The van der Waals surface area contributed by atoms with E-state index in [1.165, 1.54) is 0 Å². The summed E-state index contributed by atoms with van der Waals surface area (Å²) in [6.07, 6.45) is 1.66. The lowest BCUT2D eigenvalue weighted by atomic mass is 10.1. The van der Waals surface area contributed by atoms with Crippen LogP contribution in [0.25, 0.3) is 10.9 Å². The van der Waals surface area contributed by atoms with Gasteiger partial charge in [-0.1, -0.05) is 30.3 Å². The fourth-order valence-corrected chi connectivity index (χ4v) is 4.89. The predicted octanol–water partition coefficient (Wildman–Crippen LogP) is 3.72. The summed E-state index contributed by atoms with van der Waals surface area (Å²) in [5, 5.41) is 7.18. The Morgan fingerprint density at radius 3 is 2.75 bits per heavy atom. The van der Waals surface area contributed by atoms with E-state index in [1.807, 2.05) is 66.7 Å². The first-order chi connectivity index (χ1) is 19.4. The molecule has 2 aromatic heterocycles. The van der Waals surface area contributed by atoms with Gasteiger partial charge in [0.1, 0.15) is 18.1 Å². The number of hydrogen-bond donors (Lipinski definition) is 4. The highest BCUT2D eigenvalue weighted by Gasteiger charge is 2.30. The smallest absolute Gasteiger partial charge is 0.268 e. The first kappa shape index (κ1) is 27.2. The van der Waals surface area contributed by atoms with Crippen LogP contribution in [-0.4, -0.2) is 60.1 Å². The third-order valence-corrected chi connectivity index (χ3v) is 6.82. The van der Waals surface area contributed by atoms with E-state index in [4.69, 9.17) is 10.5 Å². The van der Waals surface area contributed by atoms with Crippen LogP contribution < -0.4 is 26.2 Å². The van der Waals surface area contributed by atoms with E-state index in [0.29, 0.717) is 25.3 Å². The molecule has 1 aliphatic rings. The minimum Gasteiger partial charge on any atom is -0.380 e. The number of nitrogens with zero attached hydrogens (tertiary/aromatic N) is 3. The van der Waals surface area contributed by atoms with Crippen molar-refractivity contribution in [3.05, 3.63) is 78.5 Å². The number of pyridine rings is 1. The van der Waals surface area contributed by atoms with Crippen molar-refractivity contribution in [2.75, 3.05) is 40.1 Å². The number of ether oxygens (including phenoxy) is 1. The summed E-state index contributed by atoms with van der Waals surface area (Å²) >= 11 is 0. The number of carbonyl (C=O) groups is 2. The van der Waals surface area contributed by atoms with Crippen molar-refractivity contribution >= 4 is 46.1 Å². The van der Waals surface area contributed by atoms with E-state index in [1.54, 1.807) is 6.20 Å². The molecular formula is C30H35N7O3. The van der Waals surface area contributed by atoms with Gasteiger partial charge in [0, 0.05) is 48.5 Å². The lowest BCUT2D eigenvalue weighted by molar-refractivity contribution is -0.127. The Kier molecular flexibility index (Phi) is 8.28. The number of aromatic amines is 1. The summed E-state index contributed by atoms with van der Waals surface area (Å²) in [5.41, 5.74) is 9.36. The van der Waals surface area contributed by atoms with E-state index < -0.39 is 12.1 Å². The van der Waals surface area contributed by atoms with Crippen LogP contribution in [0.15, 0.2) is 72.9 Å². The summed E-state index contributed by atoms with van der Waals surface area (Å²) < 4.78 is 5.53. The lowest BCUT2D eigenvalue weighted by Gasteiger charge is -2.40. The number of anilines is 4. The van der Waals surface area contributed by atoms with Gasteiger partial charge in [-0.2, -0.15) is 0 Å². The molecule has 0 bridgehead atoms. The molecule has 5 rings (SSSR count). The molecule has 1 saturated heterocycles. The Morgan fingerprint density at radius 2 is 1.98 bits per heavy atom. The van der Waals surface area contributed by atoms with E-state index in [2.05, 4.69) is 44.2 Å². The number of amides is 1. The second-order valence-electron chi connectivity index (χ2n) is 10.2. The molecule has 10 heteroatoms. The SMILES string of the molecule is CC(C)Nc1cccnc1N1CCN(c2cc3cc(NC(=O)C(N)OCc4ccccc4)ccc3[nH]2)C(C=O)C1. The van der Waals surface area contributed by atoms with Gasteiger partial charge in [-0.05, 0) is 55.8 Å². The maximum Gasteiger partial charge on any atom is 0.268 e. The van der Waals surface area contributed by atoms with Crippen molar-refractivity contribution in [1.82, 2.24) is 9.97 Å². The molecule has 2 aromatic carbocycles. The molecule has 0 aliphatic carbocycles. The molecule has 4 aromatic rings. The van der Waals surface area contributed by atoms with E-state index in [-0.39, 0.29) is 18.7 Å². The monoisotopic (exact) mass is 541 g/mol. The van der Waals surface area contributed by atoms with Gasteiger partial charge in [0.05, 0.1) is 12.3 Å². The van der Waals surface area contributed by atoms with Crippen molar-refractivity contribution in [1.29, 1.82) is 0 Å². The summed E-state index contributed by atoms with van der Waals surface area (Å²) in [7, 11) is 0. The van der Waals surface area contributed by atoms with E-state index in [0.717, 1.165) is 40.1 Å². The van der Waals surface area contributed by atoms with Gasteiger partial charge < -0.3 is 34.9 Å². The highest BCUT2D eigenvalue weighted by molar-refractivity contribution is 5.96.